The van der Waals surface area contributed by atoms with E-state index in [1.807, 2.05) is 45.0 Å². The fourth-order valence-corrected chi connectivity index (χ4v) is 2.07. The van der Waals surface area contributed by atoms with Crippen LogP contribution in [0.1, 0.15) is 43.9 Å². The molecular formula is C15H23NO2. The molecule has 2 N–H and O–H groups in total. The number of hydrogen-bond donors (Lipinski definition) is 2. The summed E-state index contributed by atoms with van der Waals surface area (Å²) in [6.07, 6.45) is 1.04. The van der Waals surface area contributed by atoms with Crippen molar-refractivity contribution in [1.29, 1.82) is 0 Å². The molecule has 3 nitrogen and oxygen atoms in total. The summed E-state index contributed by atoms with van der Waals surface area (Å²) in [6.45, 7) is 6.25. The van der Waals surface area contributed by atoms with Crippen molar-refractivity contribution >= 4 is 5.91 Å². The molecule has 1 aromatic rings. The number of aliphatic hydroxyl groups is 1. The van der Waals surface area contributed by atoms with Crippen molar-refractivity contribution in [3.8, 4) is 0 Å². The molecule has 0 saturated carbocycles. The topological polar surface area (TPSA) is 49.3 Å². The maximum absolute atomic E-state index is 11.8. The highest BCUT2D eigenvalue weighted by Crippen LogP contribution is 2.16. The first-order valence-electron chi connectivity index (χ1n) is 6.61. The normalized spacial score (nSPS) is 12.5. The molecule has 0 aliphatic heterocycles. The molecule has 3 heteroatoms. The van der Waals surface area contributed by atoms with E-state index in [4.69, 9.17) is 0 Å². The second-order valence-corrected chi connectivity index (χ2v) is 4.63. The van der Waals surface area contributed by atoms with Gasteiger partial charge in [0.2, 0.25) is 5.91 Å². The minimum absolute atomic E-state index is 0.0348. The van der Waals surface area contributed by atoms with E-state index in [1.54, 1.807) is 0 Å². The lowest BCUT2D eigenvalue weighted by atomic mass is 10.0. The van der Waals surface area contributed by atoms with Gasteiger partial charge in [-0.3, -0.25) is 4.79 Å². The lowest BCUT2D eigenvalue weighted by molar-refractivity contribution is -0.125. The van der Waals surface area contributed by atoms with Crippen LogP contribution in [0.5, 0.6) is 0 Å². The molecule has 1 aromatic carbocycles. The van der Waals surface area contributed by atoms with Crippen molar-refractivity contribution < 1.29 is 9.90 Å². The van der Waals surface area contributed by atoms with E-state index in [1.165, 1.54) is 0 Å². The summed E-state index contributed by atoms with van der Waals surface area (Å²) < 4.78 is 0. The number of aliphatic hydroxyl groups excluding tert-OH is 1. The summed E-state index contributed by atoms with van der Waals surface area (Å²) >= 11 is 0. The summed E-state index contributed by atoms with van der Waals surface area (Å²) in [5.74, 6) is 0.0849. The number of carbonyl (C=O) groups is 1. The maximum Gasteiger partial charge on any atom is 0.223 e. The zero-order valence-electron chi connectivity index (χ0n) is 11.4. The Morgan fingerprint density at radius 3 is 2.44 bits per heavy atom. The van der Waals surface area contributed by atoms with Crippen LogP contribution < -0.4 is 5.32 Å². The minimum Gasteiger partial charge on any atom is -0.387 e. The van der Waals surface area contributed by atoms with Crippen molar-refractivity contribution in [2.75, 3.05) is 6.54 Å². The summed E-state index contributed by atoms with van der Waals surface area (Å²) in [4.78, 5) is 11.8. The number of hydrogen-bond acceptors (Lipinski definition) is 2. The largest absolute Gasteiger partial charge is 0.387 e. The minimum atomic E-state index is -0.635. The molecule has 1 unspecified atom stereocenters. The number of carbonyl (C=O) groups excluding carboxylic acids is 1. The lowest BCUT2D eigenvalue weighted by Gasteiger charge is -2.17. The third-order valence-electron chi connectivity index (χ3n) is 3.37. The third-order valence-corrected chi connectivity index (χ3v) is 3.37. The van der Waals surface area contributed by atoms with Gasteiger partial charge >= 0.3 is 0 Å². The number of benzene rings is 1. The molecule has 1 amide bonds. The van der Waals surface area contributed by atoms with Gasteiger partial charge in [0.25, 0.3) is 0 Å². The highest BCUT2D eigenvalue weighted by molar-refractivity contribution is 5.78. The van der Waals surface area contributed by atoms with Gasteiger partial charge in [-0.1, -0.05) is 38.1 Å². The third kappa shape index (κ3) is 3.84. The van der Waals surface area contributed by atoms with Crippen LogP contribution in [0.3, 0.4) is 0 Å². The molecule has 0 spiro atoms. The van der Waals surface area contributed by atoms with Gasteiger partial charge in [-0.2, -0.15) is 0 Å². The molecule has 0 radical (unpaired) electrons. The molecule has 0 aliphatic carbocycles. The molecular weight excluding hydrogens is 226 g/mol. The Bertz CT molecular complexity index is 386. The fourth-order valence-electron chi connectivity index (χ4n) is 2.07. The number of nitrogens with one attached hydrogen (secondary N) is 1. The highest BCUT2D eigenvalue weighted by atomic mass is 16.3. The van der Waals surface area contributed by atoms with Crippen LogP contribution in [-0.2, 0) is 4.79 Å². The van der Waals surface area contributed by atoms with Gasteiger partial charge in [0.15, 0.2) is 0 Å². The molecule has 1 atom stereocenters. The average Bonchev–Trinajstić information content (AvgIpc) is 2.38. The molecule has 18 heavy (non-hydrogen) atoms. The van der Waals surface area contributed by atoms with Crippen LogP contribution in [0.15, 0.2) is 24.3 Å². The Labute approximate surface area is 109 Å². The number of rotatable bonds is 6. The maximum atomic E-state index is 11.8. The van der Waals surface area contributed by atoms with E-state index in [2.05, 4.69) is 5.32 Å². The van der Waals surface area contributed by atoms with Gasteiger partial charge in [0.05, 0.1) is 6.10 Å². The van der Waals surface area contributed by atoms with E-state index < -0.39 is 6.10 Å². The Balaban J connectivity index is 2.54. The number of aryl methyl sites for hydroxylation is 1. The lowest BCUT2D eigenvalue weighted by Crippen LogP contribution is -2.33. The van der Waals surface area contributed by atoms with Crippen molar-refractivity contribution in [3.63, 3.8) is 0 Å². The fraction of sp³-hybridized carbons (Fsp3) is 0.533. The molecule has 0 fully saturated rings. The van der Waals surface area contributed by atoms with E-state index in [-0.39, 0.29) is 18.4 Å². The van der Waals surface area contributed by atoms with E-state index in [0.29, 0.717) is 0 Å². The van der Waals surface area contributed by atoms with Crippen LogP contribution in [-0.4, -0.2) is 17.6 Å². The molecule has 0 heterocycles. The quantitative estimate of drug-likeness (QED) is 0.814. The van der Waals surface area contributed by atoms with Crippen LogP contribution in [0, 0.1) is 12.8 Å². The summed E-state index contributed by atoms with van der Waals surface area (Å²) in [6, 6.07) is 7.69. The Hall–Kier alpha value is -1.35. The van der Waals surface area contributed by atoms with Crippen LogP contribution in [0.4, 0.5) is 0 Å². The van der Waals surface area contributed by atoms with Crippen molar-refractivity contribution in [1.82, 2.24) is 5.32 Å². The van der Waals surface area contributed by atoms with E-state index >= 15 is 0 Å². The van der Waals surface area contributed by atoms with Gasteiger partial charge in [0, 0.05) is 12.5 Å². The Morgan fingerprint density at radius 1 is 1.28 bits per heavy atom. The zero-order chi connectivity index (χ0) is 13.5. The molecule has 0 saturated heterocycles. The summed E-state index contributed by atoms with van der Waals surface area (Å²) in [5, 5.41) is 12.9. The standard InChI is InChI=1S/C15H23NO2/c1-4-12(5-2)15(18)16-10-14(17)13-9-7-6-8-11(13)3/h6-9,12,14,17H,4-5,10H2,1-3H3,(H,16,18). The molecule has 1 rings (SSSR count). The van der Waals surface area contributed by atoms with Gasteiger partial charge in [-0.05, 0) is 30.9 Å². The first kappa shape index (κ1) is 14.7. The van der Waals surface area contributed by atoms with Crippen molar-refractivity contribution in [2.24, 2.45) is 5.92 Å². The second-order valence-electron chi connectivity index (χ2n) is 4.63. The van der Waals surface area contributed by atoms with E-state index in [0.717, 1.165) is 24.0 Å². The van der Waals surface area contributed by atoms with Gasteiger partial charge in [0.1, 0.15) is 0 Å². The zero-order valence-corrected chi connectivity index (χ0v) is 11.4. The second kappa shape index (κ2) is 7.17. The van der Waals surface area contributed by atoms with E-state index in [9.17, 15) is 9.90 Å². The average molecular weight is 249 g/mol. The smallest absolute Gasteiger partial charge is 0.223 e. The van der Waals surface area contributed by atoms with Crippen LogP contribution >= 0.6 is 0 Å². The monoisotopic (exact) mass is 249 g/mol. The van der Waals surface area contributed by atoms with Crippen LogP contribution in [0.2, 0.25) is 0 Å². The molecule has 0 aromatic heterocycles. The SMILES string of the molecule is CCC(CC)C(=O)NCC(O)c1ccccc1C. The van der Waals surface area contributed by atoms with Crippen LogP contribution in [0.25, 0.3) is 0 Å². The summed E-state index contributed by atoms with van der Waals surface area (Å²) in [5.41, 5.74) is 1.92. The predicted molar refractivity (Wildman–Crippen MR) is 73.2 cm³/mol. The molecule has 100 valence electrons. The Kier molecular flexibility index (Phi) is 5.86. The predicted octanol–water partition coefficient (Wildman–Crippen LogP) is 2.58. The Morgan fingerprint density at radius 2 is 1.89 bits per heavy atom. The van der Waals surface area contributed by atoms with Crippen molar-refractivity contribution in [2.45, 2.75) is 39.7 Å². The number of amides is 1. The first-order valence-corrected chi connectivity index (χ1v) is 6.61. The first-order chi connectivity index (χ1) is 8.60. The molecule has 0 aliphatic rings. The van der Waals surface area contributed by atoms with Crippen molar-refractivity contribution in [3.05, 3.63) is 35.4 Å². The van der Waals surface area contributed by atoms with Gasteiger partial charge in [-0.25, -0.2) is 0 Å². The van der Waals surface area contributed by atoms with Gasteiger partial charge < -0.3 is 10.4 Å². The highest BCUT2D eigenvalue weighted by Gasteiger charge is 2.16. The molecule has 0 bridgehead atoms. The van der Waals surface area contributed by atoms with Gasteiger partial charge in [-0.15, -0.1) is 0 Å². The summed E-state index contributed by atoms with van der Waals surface area (Å²) in [7, 11) is 0.